The highest BCUT2D eigenvalue weighted by Crippen LogP contribution is 2.20. The first-order chi connectivity index (χ1) is 13.2. The summed E-state index contributed by atoms with van der Waals surface area (Å²) in [4.78, 5) is 36.3. The predicted molar refractivity (Wildman–Crippen MR) is 111 cm³/mol. The summed E-state index contributed by atoms with van der Waals surface area (Å²) < 4.78 is 5.98. The molecule has 0 aliphatic heterocycles. The zero-order valence-electron chi connectivity index (χ0n) is 15.3. The zero-order chi connectivity index (χ0) is 20.7. The summed E-state index contributed by atoms with van der Waals surface area (Å²) in [6, 6.07) is 14.0. The molecule has 9 heteroatoms. The van der Waals surface area contributed by atoms with Crippen LogP contribution in [0.25, 0.3) is 0 Å². The topological polar surface area (TPSA) is 117 Å². The Morgan fingerprint density at radius 1 is 1.11 bits per heavy atom. The monoisotopic (exact) mass is 497 g/mol. The van der Waals surface area contributed by atoms with Crippen LogP contribution in [0.4, 0.5) is 4.79 Å². The van der Waals surface area contributed by atoms with Gasteiger partial charge in [-0.2, -0.15) is 0 Å². The van der Waals surface area contributed by atoms with E-state index in [4.69, 9.17) is 9.84 Å². The average Bonchev–Trinajstić information content (AvgIpc) is 2.65. The minimum atomic E-state index is -1.49. The highest BCUT2D eigenvalue weighted by molar-refractivity contribution is 14.1. The standard InChI is InChI=1S/C19H20IN3O5/c1-19(21-18(26)27,11-12-6-4-3-5-7-12)17(25)23-22-16(24)14-10-13(20)8-9-15(14)28-2/h3-10,21H,11H2,1-2H3,(H,22,24)(H,23,25)(H,26,27). The third kappa shape index (κ3) is 5.59. The number of carbonyl (C=O) groups is 3. The number of nitrogens with one attached hydrogen (secondary N) is 3. The molecule has 0 aromatic heterocycles. The molecule has 2 aromatic rings. The van der Waals surface area contributed by atoms with Crippen LogP contribution >= 0.6 is 22.6 Å². The number of carbonyl (C=O) groups excluding carboxylic acids is 2. The van der Waals surface area contributed by atoms with Crippen molar-refractivity contribution in [2.45, 2.75) is 18.9 Å². The van der Waals surface area contributed by atoms with Crippen molar-refractivity contribution in [3.8, 4) is 5.75 Å². The van der Waals surface area contributed by atoms with E-state index in [0.29, 0.717) is 5.75 Å². The molecule has 2 aromatic carbocycles. The molecular weight excluding hydrogens is 477 g/mol. The predicted octanol–water partition coefficient (Wildman–Crippen LogP) is 2.33. The number of benzene rings is 2. The van der Waals surface area contributed by atoms with E-state index in [9.17, 15) is 14.4 Å². The van der Waals surface area contributed by atoms with E-state index in [-0.39, 0.29) is 12.0 Å². The highest BCUT2D eigenvalue weighted by atomic mass is 127. The molecule has 0 heterocycles. The zero-order valence-corrected chi connectivity index (χ0v) is 17.4. The maximum absolute atomic E-state index is 12.7. The number of hydrogen-bond donors (Lipinski definition) is 4. The van der Waals surface area contributed by atoms with Gasteiger partial charge in [-0.25, -0.2) is 4.79 Å². The van der Waals surface area contributed by atoms with Gasteiger partial charge in [-0.1, -0.05) is 30.3 Å². The molecule has 0 aliphatic carbocycles. The Hall–Kier alpha value is -2.82. The van der Waals surface area contributed by atoms with Crippen molar-refractivity contribution in [2.75, 3.05) is 7.11 Å². The van der Waals surface area contributed by atoms with Crippen LogP contribution in [0.15, 0.2) is 48.5 Å². The number of halogens is 1. The van der Waals surface area contributed by atoms with Crippen LogP contribution in [-0.4, -0.2) is 35.7 Å². The molecule has 0 bridgehead atoms. The molecular formula is C19H20IN3O5. The second-order valence-corrected chi connectivity index (χ2v) is 7.42. The van der Waals surface area contributed by atoms with Gasteiger partial charge in [-0.3, -0.25) is 20.4 Å². The molecule has 0 radical (unpaired) electrons. The van der Waals surface area contributed by atoms with Gasteiger partial charge in [0.2, 0.25) is 0 Å². The Bertz CT molecular complexity index is 875. The molecule has 4 N–H and O–H groups in total. The number of carboxylic acid groups (broad SMARTS) is 1. The molecule has 0 saturated carbocycles. The third-order valence-electron chi connectivity index (χ3n) is 3.98. The molecule has 3 amide bonds. The first kappa shape index (κ1) is 21.5. The van der Waals surface area contributed by atoms with Crippen molar-refractivity contribution >= 4 is 40.5 Å². The molecule has 0 fully saturated rings. The van der Waals surface area contributed by atoms with Crippen LogP contribution in [0.1, 0.15) is 22.8 Å². The van der Waals surface area contributed by atoms with Crippen LogP contribution < -0.4 is 20.9 Å². The Morgan fingerprint density at radius 2 is 1.79 bits per heavy atom. The second-order valence-electron chi connectivity index (χ2n) is 6.18. The number of methoxy groups -OCH3 is 1. The normalized spacial score (nSPS) is 12.4. The lowest BCUT2D eigenvalue weighted by Gasteiger charge is -2.28. The number of hydrazine groups is 1. The van der Waals surface area contributed by atoms with Gasteiger partial charge in [0.25, 0.3) is 11.8 Å². The highest BCUT2D eigenvalue weighted by Gasteiger charge is 2.35. The maximum Gasteiger partial charge on any atom is 0.405 e. The van der Waals surface area contributed by atoms with E-state index in [1.165, 1.54) is 14.0 Å². The Kier molecular flexibility index (Phi) is 7.21. The van der Waals surface area contributed by atoms with E-state index < -0.39 is 23.4 Å². The van der Waals surface area contributed by atoms with Crippen molar-refractivity contribution in [3.63, 3.8) is 0 Å². The summed E-state index contributed by atoms with van der Waals surface area (Å²) in [5.41, 5.74) is 4.12. The summed E-state index contributed by atoms with van der Waals surface area (Å²) >= 11 is 2.05. The summed E-state index contributed by atoms with van der Waals surface area (Å²) in [5, 5.41) is 11.4. The number of hydrogen-bond acceptors (Lipinski definition) is 4. The molecule has 28 heavy (non-hydrogen) atoms. The SMILES string of the molecule is COc1ccc(I)cc1C(=O)NNC(=O)C(C)(Cc1ccccc1)NC(=O)O. The van der Waals surface area contributed by atoms with Crippen LogP contribution in [0.5, 0.6) is 5.75 Å². The number of rotatable bonds is 6. The van der Waals surface area contributed by atoms with Gasteiger partial charge in [0.15, 0.2) is 0 Å². The van der Waals surface area contributed by atoms with Gasteiger partial charge in [0.1, 0.15) is 11.3 Å². The van der Waals surface area contributed by atoms with Gasteiger partial charge in [0.05, 0.1) is 12.7 Å². The molecule has 148 valence electrons. The summed E-state index contributed by atoms with van der Waals surface area (Å²) in [7, 11) is 1.44. The minimum absolute atomic E-state index is 0.106. The van der Waals surface area contributed by atoms with Gasteiger partial charge in [-0.15, -0.1) is 0 Å². The lowest BCUT2D eigenvalue weighted by atomic mass is 9.92. The van der Waals surface area contributed by atoms with Crippen LogP contribution in [-0.2, 0) is 11.2 Å². The average molecular weight is 497 g/mol. The largest absolute Gasteiger partial charge is 0.496 e. The first-order valence-electron chi connectivity index (χ1n) is 8.24. The molecule has 0 saturated heterocycles. The lowest BCUT2D eigenvalue weighted by molar-refractivity contribution is -0.127. The minimum Gasteiger partial charge on any atom is -0.496 e. The third-order valence-corrected chi connectivity index (χ3v) is 4.65. The van der Waals surface area contributed by atoms with Crippen LogP contribution in [0.3, 0.4) is 0 Å². The van der Waals surface area contributed by atoms with Crippen molar-refractivity contribution in [1.82, 2.24) is 16.2 Å². The molecule has 2 rings (SSSR count). The van der Waals surface area contributed by atoms with Crippen LogP contribution in [0, 0.1) is 3.57 Å². The van der Waals surface area contributed by atoms with Crippen molar-refractivity contribution in [1.29, 1.82) is 0 Å². The van der Waals surface area contributed by atoms with Crippen LogP contribution in [0.2, 0.25) is 0 Å². The fraction of sp³-hybridized carbons (Fsp3) is 0.211. The number of amides is 3. The maximum atomic E-state index is 12.7. The van der Waals surface area contributed by atoms with Crippen molar-refractivity contribution in [2.24, 2.45) is 0 Å². The van der Waals surface area contributed by atoms with Gasteiger partial charge in [-0.05, 0) is 53.3 Å². The molecule has 1 atom stereocenters. The van der Waals surface area contributed by atoms with E-state index >= 15 is 0 Å². The van der Waals surface area contributed by atoms with Crippen molar-refractivity contribution in [3.05, 3.63) is 63.2 Å². The molecule has 8 nitrogen and oxygen atoms in total. The summed E-state index contributed by atoms with van der Waals surface area (Å²) in [6.07, 6.45) is -1.24. The van der Waals surface area contributed by atoms with E-state index in [0.717, 1.165) is 9.13 Å². The quantitative estimate of drug-likeness (QED) is 0.361. The lowest BCUT2D eigenvalue weighted by Crippen LogP contribution is -2.61. The summed E-state index contributed by atoms with van der Waals surface area (Å²) in [6.45, 7) is 1.45. The fourth-order valence-electron chi connectivity index (χ4n) is 2.60. The molecule has 0 spiro atoms. The molecule has 0 aliphatic rings. The number of ether oxygens (including phenoxy) is 1. The summed E-state index contributed by atoms with van der Waals surface area (Å²) in [5.74, 6) is -0.930. The van der Waals surface area contributed by atoms with E-state index in [1.807, 2.05) is 6.07 Å². The fourth-order valence-corrected chi connectivity index (χ4v) is 3.09. The first-order valence-corrected chi connectivity index (χ1v) is 9.32. The Labute approximate surface area is 175 Å². The van der Waals surface area contributed by atoms with Crippen molar-refractivity contribution < 1.29 is 24.2 Å². The molecule has 1 unspecified atom stereocenters. The smallest absolute Gasteiger partial charge is 0.405 e. The van der Waals surface area contributed by atoms with E-state index in [2.05, 4.69) is 38.8 Å². The van der Waals surface area contributed by atoms with Gasteiger partial charge >= 0.3 is 6.09 Å². The van der Waals surface area contributed by atoms with E-state index in [1.54, 1.807) is 42.5 Å². The van der Waals surface area contributed by atoms with Gasteiger partial charge < -0.3 is 15.2 Å². The Morgan fingerprint density at radius 3 is 2.39 bits per heavy atom. The van der Waals surface area contributed by atoms with Gasteiger partial charge in [0, 0.05) is 9.99 Å². The second kappa shape index (κ2) is 9.40. The Balaban J connectivity index is 2.14.